The van der Waals surface area contributed by atoms with Gasteiger partial charge in [0, 0.05) is 31.3 Å². The first-order chi connectivity index (χ1) is 12.9. The van der Waals surface area contributed by atoms with Gasteiger partial charge in [0.15, 0.2) is 11.2 Å². The number of aromatic nitrogens is 5. The van der Waals surface area contributed by atoms with Crippen LogP contribution in [0.3, 0.4) is 0 Å². The molecular formula is C19H20BrN5O2. The van der Waals surface area contributed by atoms with Gasteiger partial charge in [-0.05, 0) is 24.1 Å². The molecule has 0 amide bonds. The Kier molecular flexibility index (Phi) is 4.30. The summed E-state index contributed by atoms with van der Waals surface area (Å²) in [5.74, 6) is 0.676. The standard InChI is InChI=1S/C19H20BrN5O2/c1-4-5-10-24-14(12-6-8-13(20)9-7-12)11-25-15-16(21-18(24)25)22(2)19(27)23(3)17(15)26/h6-9,11H,4-5,10H2,1-3H3. The van der Waals surface area contributed by atoms with E-state index in [0.717, 1.165) is 39.7 Å². The molecule has 27 heavy (non-hydrogen) atoms. The van der Waals surface area contributed by atoms with Crippen LogP contribution >= 0.6 is 15.9 Å². The van der Waals surface area contributed by atoms with Crippen molar-refractivity contribution in [3.8, 4) is 11.3 Å². The number of rotatable bonds is 4. The Bertz CT molecular complexity index is 1270. The summed E-state index contributed by atoms with van der Waals surface area (Å²) in [6, 6.07) is 8.07. The Morgan fingerprint density at radius 3 is 2.44 bits per heavy atom. The van der Waals surface area contributed by atoms with Crippen molar-refractivity contribution >= 4 is 32.9 Å². The van der Waals surface area contributed by atoms with Crippen molar-refractivity contribution in [2.75, 3.05) is 0 Å². The van der Waals surface area contributed by atoms with Gasteiger partial charge in [0.05, 0.1) is 5.69 Å². The van der Waals surface area contributed by atoms with E-state index in [2.05, 4.69) is 32.4 Å². The summed E-state index contributed by atoms with van der Waals surface area (Å²) >= 11 is 3.47. The molecule has 8 heteroatoms. The Morgan fingerprint density at radius 1 is 1.07 bits per heavy atom. The fourth-order valence-electron chi connectivity index (χ4n) is 3.40. The first kappa shape index (κ1) is 17.8. The molecule has 3 heterocycles. The number of hydrogen-bond donors (Lipinski definition) is 0. The van der Waals surface area contributed by atoms with Crippen molar-refractivity contribution < 1.29 is 0 Å². The van der Waals surface area contributed by atoms with Gasteiger partial charge in [-0.1, -0.05) is 41.4 Å². The lowest BCUT2D eigenvalue weighted by Crippen LogP contribution is -2.37. The van der Waals surface area contributed by atoms with Crippen molar-refractivity contribution in [2.45, 2.75) is 26.3 Å². The number of nitrogens with zero attached hydrogens (tertiary/aromatic N) is 5. The average Bonchev–Trinajstić information content (AvgIpc) is 3.20. The first-order valence-electron chi connectivity index (χ1n) is 8.87. The fourth-order valence-corrected chi connectivity index (χ4v) is 3.67. The van der Waals surface area contributed by atoms with Crippen LogP contribution in [0.5, 0.6) is 0 Å². The molecule has 3 aromatic heterocycles. The van der Waals surface area contributed by atoms with Gasteiger partial charge in [-0.25, -0.2) is 4.79 Å². The average molecular weight is 430 g/mol. The Balaban J connectivity index is 2.09. The molecule has 0 bridgehead atoms. The van der Waals surface area contributed by atoms with Gasteiger partial charge in [-0.3, -0.25) is 18.3 Å². The topological polar surface area (TPSA) is 66.2 Å². The molecule has 0 aliphatic carbocycles. The minimum absolute atomic E-state index is 0.337. The van der Waals surface area contributed by atoms with Crippen LogP contribution in [0, 0.1) is 0 Å². The maximum Gasteiger partial charge on any atom is 0.332 e. The molecule has 0 saturated heterocycles. The molecule has 0 fully saturated rings. The zero-order valence-electron chi connectivity index (χ0n) is 15.4. The molecule has 0 N–H and O–H groups in total. The van der Waals surface area contributed by atoms with E-state index >= 15 is 0 Å². The summed E-state index contributed by atoms with van der Waals surface area (Å²) in [5, 5.41) is 0. The molecule has 0 atom stereocenters. The Labute approximate surface area is 163 Å². The Hall–Kier alpha value is -2.61. The van der Waals surface area contributed by atoms with Gasteiger partial charge in [-0.2, -0.15) is 4.98 Å². The van der Waals surface area contributed by atoms with Gasteiger partial charge in [0.25, 0.3) is 5.56 Å². The molecular weight excluding hydrogens is 410 g/mol. The lowest BCUT2D eigenvalue weighted by atomic mass is 10.1. The molecule has 0 saturated carbocycles. The smallest absolute Gasteiger partial charge is 0.310 e. The quantitative estimate of drug-likeness (QED) is 0.500. The van der Waals surface area contributed by atoms with Crippen LogP contribution in [-0.4, -0.2) is 23.1 Å². The van der Waals surface area contributed by atoms with Gasteiger partial charge in [-0.15, -0.1) is 0 Å². The van der Waals surface area contributed by atoms with E-state index in [-0.39, 0.29) is 11.2 Å². The van der Waals surface area contributed by atoms with Crippen molar-refractivity contribution in [3.63, 3.8) is 0 Å². The summed E-state index contributed by atoms with van der Waals surface area (Å²) in [6.45, 7) is 2.93. The summed E-state index contributed by atoms with van der Waals surface area (Å²) < 4.78 is 7.49. The summed E-state index contributed by atoms with van der Waals surface area (Å²) in [6.07, 6.45) is 3.98. The molecule has 0 spiro atoms. The number of fused-ring (bicyclic) bond motifs is 3. The zero-order chi connectivity index (χ0) is 19.3. The van der Waals surface area contributed by atoms with Gasteiger partial charge in [0.1, 0.15) is 0 Å². The largest absolute Gasteiger partial charge is 0.332 e. The molecule has 0 radical (unpaired) electrons. The minimum atomic E-state index is -0.374. The van der Waals surface area contributed by atoms with Crippen LogP contribution in [0.1, 0.15) is 19.8 Å². The summed E-state index contributed by atoms with van der Waals surface area (Å²) in [7, 11) is 3.13. The molecule has 0 aliphatic heterocycles. The predicted molar refractivity (Wildman–Crippen MR) is 109 cm³/mol. The van der Waals surface area contributed by atoms with E-state index in [0.29, 0.717) is 16.9 Å². The van der Waals surface area contributed by atoms with E-state index in [1.807, 2.05) is 34.9 Å². The van der Waals surface area contributed by atoms with Gasteiger partial charge < -0.3 is 4.57 Å². The highest BCUT2D eigenvalue weighted by molar-refractivity contribution is 9.10. The number of unbranched alkanes of at least 4 members (excludes halogenated alkanes) is 1. The molecule has 0 aliphatic rings. The molecule has 1 aromatic carbocycles. The first-order valence-corrected chi connectivity index (χ1v) is 9.66. The second kappa shape index (κ2) is 6.53. The van der Waals surface area contributed by atoms with E-state index in [9.17, 15) is 9.59 Å². The third kappa shape index (κ3) is 2.66. The highest BCUT2D eigenvalue weighted by atomic mass is 79.9. The van der Waals surface area contributed by atoms with Gasteiger partial charge in [0.2, 0.25) is 5.78 Å². The maximum atomic E-state index is 12.8. The monoisotopic (exact) mass is 429 g/mol. The minimum Gasteiger partial charge on any atom is -0.310 e. The highest BCUT2D eigenvalue weighted by Gasteiger charge is 2.20. The summed E-state index contributed by atoms with van der Waals surface area (Å²) in [4.78, 5) is 29.7. The predicted octanol–water partition coefficient (Wildman–Crippen LogP) is 2.92. The normalized spacial score (nSPS) is 11.7. The zero-order valence-corrected chi connectivity index (χ0v) is 17.0. The van der Waals surface area contributed by atoms with E-state index < -0.39 is 0 Å². The van der Waals surface area contributed by atoms with Crippen LogP contribution in [0.2, 0.25) is 0 Å². The van der Waals surface area contributed by atoms with Crippen molar-refractivity contribution in [3.05, 3.63) is 55.8 Å². The third-order valence-electron chi connectivity index (χ3n) is 4.93. The second-order valence-electron chi connectivity index (χ2n) is 6.69. The van der Waals surface area contributed by atoms with E-state index in [4.69, 9.17) is 0 Å². The lowest BCUT2D eigenvalue weighted by Gasteiger charge is -2.08. The molecule has 0 unspecified atom stereocenters. The SMILES string of the molecule is CCCCn1c(-c2ccc(Br)cc2)cn2c3c(=O)n(C)c(=O)n(C)c3nc12. The molecule has 4 aromatic rings. The van der Waals surface area contributed by atoms with Crippen LogP contribution < -0.4 is 11.2 Å². The number of halogens is 1. The highest BCUT2D eigenvalue weighted by Crippen LogP contribution is 2.27. The number of imidazole rings is 2. The van der Waals surface area contributed by atoms with Crippen molar-refractivity contribution in [2.24, 2.45) is 14.1 Å². The maximum absolute atomic E-state index is 12.8. The van der Waals surface area contributed by atoms with E-state index in [1.54, 1.807) is 7.05 Å². The number of aryl methyl sites for hydroxylation is 2. The van der Waals surface area contributed by atoms with Crippen LogP contribution in [0.25, 0.3) is 28.2 Å². The van der Waals surface area contributed by atoms with Gasteiger partial charge >= 0.3 is 5.69 Å². The molecule has 4 rings (SSSR count). The van der Waals surface area contributed by atoms with Crippen LogP contribution in [0.15, 0.2) is 44.5 Å². The second-order valence-corrected chi connectivity index (χ2v) is 7.60. The summed E-state index contributed by atoms with van der Waals surface area (Å²) in [5.41, 5.74) is 2.16. The lowest BCUT2D eigenvalue weighted by molar-refractivity contribution is 0.648. The van der Waals surface area contributed by atoms with E-state index in [1.165, 1.54) is 11.6 Å². The Morgan fingerprint density at radius 2 is 1.78 bits per heavy atom. The molecule has 7 nitrogen and oxygen atoms in total. The van der Waals surface area contributed by atoms with Crippen molar-refractivity contribution in [1.29, 1.82) is 0 Å². The van der Waals surface area contributed by atoms with Crippen LogP contribution in [-0.2, 0) is 20.6 Å². The van der Waals surface area contributed by atoms with Crippen LogP contribution in [0.4, 0.5) is 0 Å². The fraction of sp³-hybridized carbons (Fsp3) is 0.316. The molecule has 140 valence electrons. The van der Waals surface area contributed by atoms with Crippen molar-refractivity contribution in [1.82, 2.24) is 23.1 Å². The third-order valence-corrected chi connectivity index (χ3v) is 5.46. The number of hydrogen-bond acceptors (Lipinski definition) is 3. The number of benzene rings is 1.